The molecule has 6 unspecified atom stereocenters. The van der Waals surface area contributed by atoms with E-state index in [4.69, 9.17) is 5.11 Å². The second kappa shape index (κ2) is 5.70. The minimum absolute atomic E-state index is 0.168. The van der Waals surface area contributed by atoms with Crippen molar-refractivity contribution in [2.75, 3.05) is 0 Å². The van der Waals surface area contributed by atoms with Crippen LogP contribution in [0.1, 0.15) is 39.0 Å². The topological polar surface area (TPSA) is 78.4 Å². The molecule has 0 spiro atoms. The van der Waals surface area contributed by atoms with Crippen LogP contribution in [0.5, 0.6) is 0 Å². The highest BCUT2D eigenvalue weighted by Crippen LogP contribution is 2.49. The molecule has 3 rings (SSSR count). The largest absolute Gasteiger partial charge is 0.481 e. The normalized spacial score (nSPS) is 38.4. The summed E-state index contributed by atoms with van der Waals surface area (Å²) in [5.41, 5.74) is 0. The number of carboxylic acid groups (broad SMARTS) is 1. The van der Waals surface area contributed by atoms with Gasteiger partial charge >= 0.3 is 12.0 Å². The van der Waals surface area contributed by atoms with E-state index in [-0.39, 0.29) is 18.1 Å². The van der Waals surface area contributed by atoms with Crippen LogP contribution in [-0.2, 0) is 4.79 Å². The van der Waals surface area contributed by atoms with Crippen LogP contribution in [0.25, 0.3) is 0 Å². The summed E-state index contributed by atoms with van der Waals surface area (Å²) >= 11 is 0. The molecule has 2 bridgehead atoms. The molecule has 0 saturated heterocycles. The minimum Gasteiger partial charge on any atom is -0.481 e. The smallest absolute Gasteiger partial charge is 0.315 e. The Labute approximate surface area is 125 Å². The molecule has 3 N–H and O–H groups in total. The van der Waals surface area contributed by atoms with Gasteiger partial charge in [-0.25, -0.2) is 4.79 Å². The van der Waals surface area contributed by atoms with E-state index >= 15 is 0 Å². The van der Waals surface area contributed by atoms with Crippen LogP contribution in [0.15, 0.2) is 12.2 Å². The monoisotopic (exact) mass is 292 g/mol. The fraction of sp³-hybridized carbons (Fsp3) is 0.750. The van der Waals surface area contributed by atoms with Crippen molar-refractivity contribution in [3.8, 4) is 0 Å². The molecule has 0 aromatic rings. The molecule has 3 aliphatic rings. The highest BCUT2D eigenvalue weighted by atomic mass is 16.4. The number of hydrogen-bond donors (Lipinski definition) is 3. The van der Waals surface area contributed by atoms with E-state index in [2.05, 4.69) is 17.6 Å². The standard InChI is InChI=1S/C16H24N2O3/c1-9(14-7-10-2-3-11(14)6-10)17-16(21)18-13-5-4-12(8-13)15(19)20/h4-5,9-14H,2-3,6-8H2,1H3,(H,19,20)(H2,17,18,21). The third kappa shape index (κ3) is 3.06. The van der Waals surface area contributed by atoms with Crippen LogP contribution in [0.4, 0.5) is 4.79 Å². The number of amides is 2. The Bertz CT molecular complexity index is 462. The molecule has 2 amide bonds. The lowest BCUT2D eigenvalue weighted by molar-refractivity contribution is -0.140. The number of carbonyl (C=O) groups is 2. The van der Waals surface area contributed by atoms with Crippen LogP contribution >= 0.6 is 0 Å². The van der Waals surface area contributed by atoms with E-state index in [0.717, 1.165) is 11.8 Å². The third-order valence-electron chi connectivity index (χ3n) is 5.51. The summed E-state index contributed by atoms with van der Waals surface area (Å²) in [6.45, 7) is 2.09. The summed E-state index contributed by atoms with van der Waals surface area (Å²) in [5, 5.41) is 14.8. The molecule has 0 aromatic heterocycles. The van der Waals surface area contributed by atoms with Gasteiger partial charge in [-0.05, 0) is 50.4 Å². The molecule has 116 valence electrons. The van der Waals surface area contributed by atoms with Gasteiger partial charge in [0.05, 0.1) is 12.0 Å². The molecule has 0 aromatic carbocycles. The molecule has 0 heterocycles. The molecule has 5 nitrogen and oxygen atoms in total. The maximum atomic E-state index is 12.0. The Morgan fingerprint density at radius 1 is 1.19 bits per heavy atom. The van der Waals surface area contributed by atoms with Crippen LogP contribution in [0.2, 0.25) is 0 Å². The first-order valence-electron chi connectivity index (χ1n) is 8.01. The molecule has 21 heavy (non-hydrogen) atoms. The average molecular weight is 292 g/mol. The lowest BCUT2D eigenvalue weighted by Gasteiger charge is -2.29. The van der Waals surface area contributed by atoms with Crippen molar-refractivity contribution < 1.29 is 14.7 Å². The zero-order chi connectivity index (χ0) is 15.0. The predicted octanol–water partition coefficient (Wildman–Crippen LogP) is 2.14. The number of rotatable bonds is 4. The zero-order valence-electron chi connectivity index (χ0n) is 12.4. The van der Waals surface area contributed by atoms with Crippen molar-refractivity contribution in [3.63, 3.8) is 0 Å². The Balaban J connectivity index is 1.44. The number of nitrogens with one attached hydrogen (secondary N) is 2. The average Bonchev–Trinajstić information content (AvgIpc) is 3.13. The Kier molecular flexibility index (Phi) is 3.91. The van der Waals surface area contributed by atoms with Gasteiger partial charge in [-0.2, -0.15) is 0 Å². The molecule has 2 fully saturated rings. The number of carbonyl (C=O) groups excluding carboxylic acids is 1. The molecule has 3 aliphatic carbocycles. The summed E-state index contributed by atoms with van der Waals surface area (Å²) in [6.07, 6.45) is 9.15. The molecule has 0 radical (unpaired) electrons. The number of fused-ring (bicyclic) bond motifs is 2. The van der Waals surface area contributed by atoms with E-state index in [1.807, 2.05) is 0 Å². The number of aliphatic carboxylic acids is 1. The van der Waals surface area contributed by atoms with Gasteiger partial charge in [0.15, 0.2) is 0 Å². The quantitative estimate of drug-likeness (QED) is 0.695. The molecule has 0 aliphatic heterocycles. The first-order chi connectivity index (χ1) is 10.0. The van der Waals surface area contributed by atoms with E-state index in [9.17, 15) is 9.59 Å². The van der Waals surface area contributed by atoms with Crippen molar-refractivity contribution in [1.82, 2.24) is 10.6 Å². The summed E-state index contributed by atoms with van der Waals surface area (Å²) in [6, 6.07) is -0.148. The first kappa shape index (κ1) is 14.4. The van der Waals surface area contributed by atoms with Crippen molar-refractivity contribution in [3.05, 3.63) is 12.2 Å². The summed E-state index contributed by atoms with van der Waals surface area (Å²) < 4.78 is 0. The number of hydrogen-bond acceptors (Lipinski definition) is 2. The van der Waals surface area contributed by atoms with Gasteiger partial charge in [-0.3, -0.25) is 4.79 Å². The fourth-order valence-corrected chi connectivity index (χ4v) is 4.42. The van der Waals surface area contributed by atoms with Gasteiger partial charge in [0.2, 0.25) is 0 Å². The lowest BCUT2D eigenvalue weighted by atomic mass is 9.84. The summed E-state index contributed by atoms with van der Waals surface area (Å²) in [7, 11) is 0. The number of carboxylic acids is 1. The third-order valence-corrected chi connectivity index (χ3v) is 5.51. The Morgan fingerprint density at radius 2 is 2.00 bits per heavy atom. The first-order valence-corrected chi connectivity index (χ1v) is 8.01. The van der Waals surface area contributed by atoms with Gasteiger partial charge in [0, 0.05) is 6.04 Å². The van der Waals surface area contributed by atoms with Crippen molar-refractivity contribution in [1.29, 1.82) is 0 Å². The van der Waals surface area contributed by atoms with Crippen molar-refractivity contribution in [2.24, 2.45) is 23.7 Å². The second-order valence-corrected chi connectivity index (χ2v) is 6.92. The van der Waals surface area contributed by atoms with Gasteiger partial charge < -0.3 is 15.7 Å². The molecule has 2 saturated carbocycles. The van der Waals surface area contributed by atoms with Crippen molar-refractivity contribution in [2.45, 2.75) is 51.1 Å². The second-order valence-electron chi connectivity index (χ2n) is 6.92. The van der Waals surface area contributed by atoms with Crippen LogP contribution in [0.3, 0.4) is 0 Å². The highest BCUT2D eigenvalue weighted by molar-refractivity contribution is 5.76. The van der Waals surface area contributed by atoms with E-state index < -0.39 is 11.9 Å². The van der Waals surface area contributed by atoms with Crippen LogP contribution in [0, 0.1) is 23.7 Å². The summed E-state index contributed by atoms with van der Waals surface area (Å²) in [4.78, 5) is 22.9. The maximum Gasteiger partial charge on any atom is 0.315 e. The zero-order valence-corrected chi connectivity index (χ0v) is 12.4. The minimum atomic E-state index is -0.827. The predicted molar refractivity (Wildman–Crippen MR) is 78.7 cm³/mol. The summed E-state index contributed by atoms with van der Waals surface area (Å²) in [5.74, 6) is 0.972. The Hall–Kier alpha value is -1.52. The molecular weight excluding hydrogens is 268 g/mol. The van der Waals surface area contributed by atoms with E-state index in [1.54, 1.807) is 12.2 Å². The molecule has 6 atom stereocenters. The highest BCUT2D eigenvalue weighted by Gasteiger charge is 2.42. The molecule has 5 heteroatoms. The number of urea groups is 1. The lowest BCUT2D eigenvalue weighted by Crippen LogP contribution is -2.47. The van der Waals surface area contributed by atoms with Gasteiger partial charge in [0.25, 0.3) is 0 Å². The van der Waals surface area contributed by atoms with Gasteiger partial charge in [-0.15, -0.1) is 0 Å². The van der Waals surface area contributed by atoms with Crippen molar-refractivity contribution >= 4 is 12.0 Å². The van der Waals surface area contributed by atoms with Gasteiger partial charge in [-0.1, -0.05) is 18.6 Å². The van der Waals surface area contributed by atoms with Gasteiger partial charge in [0.1, 0.15) is 0 Å². The molecular formula is C16H24N2O3. The SMILES string of the molecule is CC(NC(=O)NC1C=CC(C(=O)O)C1)C1CC2CCC1C2. The van der Waals surface area contributed by atoms with Crippen LogP contribution < -0.4 is 10.6 Å². The van der Waals surface area contributed by atoms with Crippen LogP contribution in [-0.4, -0.2) is 29.2 Å². The fourth-order valence-electron chi connectivity index (χ4n) is 4.42. The Morgan fingerprint density at radius 3 is 2.57 bits per heavy atom. The van der Waals surface area contributed by atoms with E-state index in [0.29, 0.717) is 12.3 Å². The van der Waals surface area contributed by atoms with E-state index in [1.165, 1.54) is 25.7 Å². The maximum absolute atomic E-state index is 12.0.